The molecule has 0 spiro atoms. The molecule has 1 aromatic rings. The number of benzene rings is 1. The predicted molar refractivity (Wildman–Crippen MR) is 93.2 cm³/mol. The minimum Gasteiger partial charge on any atom is -0.396 e. The first kappa shape index (κ1) is 18.2. The fourth-order valence-corrected chi connectivity index (χ4v) is 4.39. The summed E-state index contributed by atoms with van der Waals surface area (Å²) in [6, 6.07) is 5.33. The van der Waals surface area contributed by atoms with Gasteiger partial charge in [-0.05, 0) is 56.7 Å². The molecule has 2 rings (SSSR count). The fourth-order valence-electron chi connectivity index (χ4n) is 2.84. The third-order valence-electron chi connectivity index (χ3n) is 4.31. The van der Waals surface area contributed by atoms with Gasteiger partial charge in [0.05, 0.1) is 4.90 Å². The molecule has 1 fully saturated rings. The Kier molecular flexibility index (Phi) is 6.87. The van der Waals surface area contributed by atoms with E-state index in [-0.39, 0.29) is 6.61 Å². The molecule has 0 bridgehead atoms. The van der Waals surface area contributed by atoms with Crippen LogP contribution in [0.4, 0.5) is 5.69 Å². The van der Waals surface area contributed by atoms with Crippen molar-refractivity contribution in [3.63, 3.8) is 0 Å². The van der Waals surface area contributed by atoms with Crippen LogP contribution in [0.3, 0.4) is 0 Å². The van der Waals surface area contributed by atoms with E-state index in [1.54, 1.807) is 16.4 Å². The molecule has 1 saturated heterocycles. The van der Waals surface area contributed by atoms with Crippen molar-refractivity contribution in [2.75, 3.05) is 31.6 Å². The molecule has 23 heavy (non-hydrogen) atoms. The Bertz CT molecular complexity index is 596. The van der Waals surface area contributed by atoms with Gasteiger partial charge in [0.2, 0.25) is 10.0 Å². The zero-order valence-corrected chi connectivity index (χ0v) is 14.7. The first-order valence-electron chi connectivity index (χ1n) is 8.51. The van der Waals surface area contributed by atoms with Gasteiger partial charge < -0.3 is 10.4 Å². The normalized spacial score (nSPS) is 16.4. The Morgan fingerprint density at radius 2 is 1.87 bits per heavy atom. The highest BCUT2D eigenvalue weighted by atomic mass is 32.2. The van der Waals surface area contributed by atoms with Crippen molar-refractivity contribution in [3.05, 3.63) is 23.8 Å². The van der Waals surface area contributed by atoms with Gasteiger partial charge in [-0.15, -0.1) is 0 Å². The summed E-state index contributed by atoms with van der Waals surface area (Å²) < 4.78 is 27.1. The number of rotatable bonds is 8. The predicted octanol–water partition coefficient (Wildman–Crippen LogP) is 2.74. The maximum Gasteiger partial charge on any atom is 0.243 e. The first-order chi connectivity index (χ1) is 11.1. The summed E-state index contributed by atoms with van der Waals surface area (Å²) in [6.45, 7) is 4.24. The number of hydrogen-bond acceptors (Lipinski definition) is 4. The van der Waals surface area contributed by atoms with Crippen LogP contribution in [-0.4, -0.2) is 44.1 Å². The lowest BCUT2D eigenvalue weighted by Crippen LogP contribution is -2.35. The molecule has 0 unspecified atom stereocenters. The van der Waals surface area contributed by atoms with Crippen molar-refractivity contribution < 1.29 is 13.5 Å². The molecule has 0 saturated carbocycles. The SMILES string of the molecule is Cc1ccc(S(=O)(=O)N2CCCCC2)cc1NCCCCCO. The smallest absolute Gasteiger partial charge is 0.243 e. The number of piperidine rings is 1. The van der Waals surface area contributed by atoms with E-state index in [4.69, 9.17) is 5.11 Å². The number of sulfonamides is 1. The van der Waals surface area contributed by atoms with Crippen molar-refractivity contribution >= 4 is 15.7 Å². The maximum atomic E-state index is 12.7. The van der Waals surface area contributed by atoms with Gasteiger partial charge in [-0.25, -0.2) is 8.42 Å². The summed E-state index contributed by atoms with van der Waals surface area (Å²) >= 11 is 0. The molecule has 1 heterocycles. The summed E-state index contributed by atoms with van der Waals surface area (Å²) in [6.07, 6.45) is 5.74. The van der Waals surface area contributed by atoms with Crippen molar-refractivity contribution in [1.29, 1.82) is 0 Å². The van der Waals surface area contributed by atoms with E-state index < -0.39 is 10.0 Å². The minimum absolute atomic E-state index is 0.225. The zero-order chi connectivity index (χ0) is 16.7. The highest BCUT2D eigenvalue weighted by Gasteiger charge is 2.26. The lowest BCUT2D eigenvalue weighted by atomic mass is 10.2. The number of aliphatic hydroxyl groups excluding tert-OH is 1. The zero-order valence-electron chi connectivity index (χ0n) is 13.9. The maximum absolute atomic E-state index is 12.7. The molecule has 0 atom stereocenters. The lowest BCUT2D eigenvalue weighted by Gasteiger charge is -2.26. The summed E-state index contributed by atoms with van der Waals surface area (Å²) in [5.74, 6) is 0. The number of hydrogen-bond donors (Lipinski definition) is 2. The Morgan fingerprint density at radius 3 is 2.57 bits per heavy atom. The molecule has 1 aliphatic heterocycles. The van der Waals surface area contributed by atoms with Crippen LogP contribution in [0, 0.1) is 6.92 Å². The molecule has 130 valence electrons. The van der Waals surface area contributed by atoms with E-state index in [0.717, 1.165) is 56.3 Å². The summed E-state index contributed by atoms with van der Waals surface area (Å²) in [5, 5.41) is 12.1. The second-order valence-corrected chi connectivity index (χ2v) is 8.09. The van der Waals surface area contributed by atoms with Crippen molar-refractivity contribution in [2.45, 2.75) is 50.3 Å². The number of aliphatic hydroxyl groups is 1. The lowest BCUT2D eigenvalue weighted by molar-refractivity contribution is 0.283. The van der Waals surface area contributed by atoms with Gasteiger partial charge in [-0.1, -0.05) is 12.5 Å². The summed E-state index contributed by atoms with van der Waals surface area (Å²) in [4.78, 5) is 0.378. The number of anilines is 1. The van der Waals surface area contributed by atoms with E-state index in [0.29, 0.717) is 18.0 Å². The van der Waals surface area contributed by atoms with Crippen molar-refractivity contribution in [1.82, 2.24) is 4.31 Å². The monoisotopic (exact) mass is 340 g/mol. The van der Waals surface area contributed by atoms with Crippen molar-refractivity contribution in [2.24, 2.45) is 0 Å². The molecule has 0 radical (unpaired) electrons. The Hall–Kier alpha value is -1.11. The third-order valence-corrected chi connectivity index (χ3v) is 6.21. The van der Waals surface area contributed by atoms with Crippen LogP contribution >= 0.6 is 0 Å². The number of nitrogens with zero attached hydrogens (tertiary/aromatic N) is 1. The average molecular weight is 340 g/mol. The van der Waals surface area contributed by atoms with Gasteiger partial charge in [-0.2, -0.15) is 4.31 Å². The van der Waals surface area contributed by atoms with Crippen LogP contribution in [0.15, 0.2) is 23.1 Å². The molecule has 0 aromatic heterocycles. The van der Waals surface area contributed by atoms with Gasteiger partial charge >= 0.3 is 0 Å². The Morgan fingerprint density at radius 1 is 1.13 bits per heavy atom. The van der Waals surface area contributed by atoms with E-state index in [1.165, 1.54) is 0 Å². The quantitative estimate of drug-likeness (QED) is 0.714. The highest BCUT2D eigenvalue weighted by molar-refractivity contribution is 7.89. The molecule has 6 heteroatoms. The van der Waals surface area contributed by atoms with E-state index in [1.807, 2.05) is 13.0 Å². The molecule has 5 nitrogen and oxygen atoms in total. The standard InChI is InChI=1S/C17H28N2O3S/c1-15-8-9-16(14-17(15)18-10-4-2-7-13-20)23(21,22)19-11-5-3-6-12-19/h8-9,14,18,20H,2-7,10-13H2,1H3. The van der Waals surface area contributed by atoms with Crippen LogP contribution in [0.1, 0.15) is 44.1 Å². The Labute approximate surface area is 139 Å². The van der Waals surface area contributed by atoms with Crippen LogP contribution in [0.25, 0.3) is 0 Å². The van der Waals surface area contributed by atoms with Gasteiger partial charge in [0.25, 0.3) is 0 Å². The summed E-state index contributed by atoms with van der Waals surface area (Å²) in [7, 11) is -3.38. The van der Waals surface area contributed by atoms with Gasteiger partial charge in [-0.3, -0.25) is 0 Å². The van der Waals surface area contributed by atoms with Crippen LogP contribution < -0.4 is 5.32 Å². The van der Waals surface area contributed by atoms with E-state index in [9.17, 15) is 8.42 Å². The van der Waals surface area contributed by atoms with Crippen LogP contribution in [0.5, 0.6) is 0 Å². The minimum atomic E-state index is -3.38. The number of nitrogens with one attached hydrogen (secondary N) is 1. The van der Waals surface area contributed by atoms with E-state index in [2.05, 4.69) is 5.32 Å². The molecular formula is C17H28N2O3S. The second-order valence-electron chi connectivity index (χ2n) is 6.15. The topological polar surface area (TPSA) is 69.6 Å². The summed E-state index contributed by atoms with van der Waals surface area (Å²) in [5.41, 5.74) is 1.93. The molecular weight excluding hydrogens is 312 g/mol. The number of unbranched alkanes of at least 4 members (excludes halogenated alkanes) is 2. The number of aryl methyl sites for hydroxylation is 1. The molecule has 1 aromatic carbocycles. The van der Waals surface area contributed by atoms with Crippen molar-refractivity contribution in [3.8, 4) is 0 Å². The van der Waals surface area contributed by atoms with Gasteiger partial charge in [0.15, 0.2) is 0 Å². The van der Waals surface area contributed by atoms with E-state index >= 15 is 0 Å². The second kappa shape index (κ2) is 8.66. The fraction of sp³-hybridized carbons (Fsp3) is 0.647. The Balaban J connectivity index is 2.06. The molecule has 1 aliphatic rings. The highest BCUT2D eigenvalue weighted by Crippen LogP contribution is 2.25. The van der Waals surface area contributed by atoms with Crippen LogP contribution in [-0.2, 0) is 10.0 Å². The first-order valence-corrected chi connectivity index (χ1v) is 9.95. The molecule has 0 aliphatic carbocycles. The molecule has 2 N–H and O–H groups in total. The van der Waals surface area contributed by atoms with Crippen LogP contribution in [0.2, 0.25) is 0 Å². The molecule has 0 amide bonds. The van der Waals surface area contributed by atoms with Gasteiger partial charge in [0, 0.05) is 31.9 Å². The van der Waals surface area contributed by atoms with Gasteiger partial charge in [0.1, 0.15) is 0 Å². The largest absolute Gasteiger partial charge is 0.396 e. The average Bonchev–Trinajstić information content (AvgIpc) is 2.57. The third kappa shape index (κ3) is 4.93.